The zero-order chi connectivity index (χ0) is 89.3. The lowest BCUT2D eigenvalue weighted by molar-refractivity contribution is 0.653. The van der Waals surface area contributed by atoms with E-state index < -0.39 is 0 Å². The Morgan fingerprint density at radius 3 is 0.933 bits per heavy atom. The predicted octanol–water partition coefficient (Wildman–Crippen LogP) is 32.8. The van der Waals surface area contributed by atoms with Gasteiger partial charge in [0.2, 0.25) is 17.1 Å². The molecule has 19 aromatic carbocycles. The molecule has 0 aliphatic rings. The molecule has 0 bridgehead atoms. The van der Waals surface area contributed by atoms with Crippen LogP contribution in [0.15, 0.2) is 444 Å². The van der Waals surface area contributed by atoms with E-state index in [1.54, 1.807) is 12.4 Å². The van der Waals surface area contributed by atoms with Crippen LogP contribution >= 0.6 is 23.2 Å². The summed E-state index contributed by atoms with van der Waals surface area (Å²) in [5, 5.41) is 21.2. The van der Waals surface area contributed by atoms with Crippen LogP contribution in [0.5, 0.6) is 0 Å². The van der Waals surface area contributed by atoms with Crippen LogP contribution in [0, 0.1) is 0 Å². The number of benzene rings is 19. The van der Waals surface area contributed by atoms with Crippen LogP contribution in [0.25, 0.3) is 259 Å². The molecule has 13 nitrogen and oxygen atoms in total. The Morgan fingerprint density at radius 1 is 0.215 bits per heavy atom. The van der Waals surface area contributed by atoms with Crippen molar-refractivity contribution >= 4 is 209 Å². The first kappa shape index (κ1) is 78.4. The number of rotatable bonds is 8. The summed E-state index contributed by atoms with van der Waals surface area (Å²) >= 11 is 12.2. The van der Waals surface area contributed by atoms with Gasteiger partial charge in [0.1, 0.15) is 33.3 Å². The number of hydrogen-bond donors (Lipinski definition) is 1. The molecule has 0 aliphatic heterocycles. The molecule has 0 saturated carbocycles. The highest BCUT2D eigenvalue weighted by Crippen LogP contribution is 2.44. The molecule has 15 heteroatoms. The summed E-state index contributed by atoms with van der Waals surface area (Å²) in [4.78, 5) is 32.0. The maximum absolute atomic E-state index is 6.15. The molecule has 10 aromatic heterocycles. The maximum Gasteiger partial charge on any atom is 0.246 e. The first-order chi connectivity index (χ1) is 66.7. The van der Waals surface area contributed by atoms with E-state index in [1.807, 2.05) is 97.2 Å². The largest absolute Gasteiger partial charge is 0.436 e. The van der Waals surface area contributed by atoms with E-state index in [4.69, 9.17) is 56.4 Å². The summed E-state index contributed by atoms with van der Waals surface area (Å²) in [6.07, 6.45) is 5.26. The van der Waals surface area contributed by atoms with E-state index in [2.05, 4.69) is 350 Å². The number of aromatic nitrogens is 10. The van der Waals surface area contributed by atoms with Gasteiger partial charge in [0.25, 0.3) is 0 Å². The minimum absolute atomic E-state index is 0.547. The van der Waals surface area contributed by atoms with Crippen molar-refractivity contribution in [3.05, 3.63) is 441 Å². The molecule has 634 valence electrons. The van der Waals surface area contributed by atoms with Crippen molar-refractivity contribution in [3.63, 3.8) is 0 Å². The standard InChI is InChI=1S/C50H30N4O.C30H20N2.2C20H11ClN2O/c1-2-13-35(14-3-1)53-43-19-8-6-17-38(43)40-28-32(21-24-45(40)53)33-22-25-46-41(29-33)39-18-7-9-20-44(39)54(46)36-15-10-12-34(27-36)42-30-51-50-49(52-42)48-37-16-5-4-11-31(37)23-26-47(48)55-50;1-2-8-22(9-3-1)32-29-13-7-5-11-24(29)26-19-21(15-17-30(26)32)20-14-16-28-25(18-20)23-10-4-6-12-27(23)31-28;2*21-14-6-3-5-13(10-14)16-11-22-20-19(23-16)18-15-7-2-1-4-12(15)8-9-17(18)24-20/h1-30H;1-19,31H;2*1-11H. The van der Waals surface area contributed by atoms with Crippen LogP contribution in [0.2, 0.25) is 10.0 Å². The summed E-state index contributed by atoms with van der Waals surface area (Å²) in [6.45, 7) is 0. The summed E-state index contributed by atoms with van der Waals surface area (Å²) in [5.74, 6) is 0. The molecule has 1 N–H and O–H groups in total. The molecule has 0 saturated heterocycles. The predicted molar refractivity (Wildman–Crippen MR) is 556 cm³/mol. The number of halogens is 2. The first-order valence-corrected chi connectivity index (χ1v) is 45.5. The van der Waals surface area contributed by atoms with Crippen LogP contribution in [-0.2, 0) is 0 Å². The number of hydrogen-bond acceptors (Lipinski definition) is 9. The van der Waals surface area contributed by atoms with Gasteiger partial charge in [0, 0.05) is 97.9 Å². The Kier molecular flexibility index (Phi) is 18.7. The zero-order valence-corrected chi connectivity index (χ0v) is 73.5. The number of nitrogens with zero attached hydrogens (tertiary/aromatic N) is 9. The van der Waals surface area contributed by atoms with Crippen LogP contribution in [0.1, 0.15) is 0 Å². The second kappa shape index (κ2) is 32.2. The van der Waals surface area contributed by atoms with Crippen molar-refractivity contribution in [1.29, 1.82) is 0 Å². The molecule has 0 radical (unpaired) electrons. The summed E-state index contributed by atoms with van der Waals surface area (Å²) < 4.78 is 25.0. The fourth-order valence-electron chi connectivity index (χ4n) is 19.9. The zero-order valence-electron chi connectivity index (χ0n) is 72.0. The molecule has 0 fully saturated rings. The highest BCUT2D eigenvalue weighted by atomic mass is 35.5. The second-order valence-electron chi connectivity index (χ2n) is 33.9. The Morgan fingerprint density at radius 2 is 0.526 bits per heavy atom. The van der Waals surface area contributed by atoms with Gasteiger partial charge in [-0.1, -0.05) is 284 Å². The molecular formula is C120H72Cl2N10O3. The van der Waals surface area contributed by atoms with Crippen molar-refractivity contribution in [3.8, 4) is 73.1 Å². The number of aromatic amines is 1. The van der Waals surface area contributed by atoms with Crippen molar-refractivity contribution in [2.24, 2.45) is 0 Å². The lowest BCUT2D eigenvalue weighted by atomic mass is 10.0. The average molecular weight is 1770 g/mol. The van der Waals surface area contributed by atoms with Crippen LogP contribution in [-0.4, -0.2) is 48.6 Å². The maximum atomic E-state index is 6.15. The molecule has 0 spiro atoms. The summed E-state index contributed by atoms with van der Waals surface area (Å²) in [5.41, 5.74) is 29.4. The Labute approximate surface area is 779 Å². The quantitative estimate of drug-likeness (QED) is 0.157. The van der Waals surface area contributed by atoms with Gasteiger partial charge in [-0.15, -0.1) is 0 Å². The number of furan rings is 3. The smallest absolute Gasteiger partial charge is 0.246 e. The van der Waals surface area contributed by atoms with Gasteiger partial charge in [-0.05, 0) is 206 Å². The number of fused-ring (bicyclic) bond motifs is 27. The van der Waals surface area contributed by atoms with E-state index in [0.29, 0.717) is 27.2 Å². The lowest BCUT2D eigenvalue weighted by Crippen LogP contribution is -1.95. The number of nitrogens with one attached hydrogen (secondary N) is 1. The third-order valence-electron chi connectivity index (χ3n) is 26.1. The molecule has 29 aromatic rings. The van der Waals surface area contributed by atoms with Gasteiger partial charge >= 0.3 is 0 Å². The van der Waals surface area contributed by atoms with Crippen molar-refractivity contribution in [2.75, 3.05) is 0 Å². The SMILES string of the molecule is Clc1cccc(-c2cnc3oc4ccc5ccccc5c4c3n2)c1.Clc1cccc(-c2cnc3oc4ccc5ccccc5c4c3n2)c1.c1ccc(-n2c3ccccc3c3cc(-c4ccc5[nH]c6ccccc6c5c4)ccc32)cc1.c1ccc(-n2c3ccccc3c3cc(-c4ccc5c(c4)c4ccccc4n5-c4cccc(-c5cnc6oc7ccc8ccccc8c7c6n5)c4)ccc32)cc1. The van der Waals surface area contributed by atoms with Crippen molar-refractivity contribution in [1.82, 2.24) is 48.6 Å². The van der Waals surface area contributed by atoms with E-state index >= 15 is 0 Å². The van der Waals surface area contributed by atoms with E-state index in [0.717, 1.165) is 138 Å². The highest BCUT2D eigenvalue weighted by Gasteiger charge is 2.23. The molecule has 29 rings (SSSR count). The molecule has 135 heavy (non-hydrogen) atoms. The minimum Gasteiger partial charge on any atom is -0.436 e. The third-order valence-corrected chi connectivity index (χ3v) is 26.5. The van der Waals surface area contributed by atoms with Gasteiger partial charge < -0.3 is 31.9 Å². The number of H-pyrrole nitrogens is 1. The third kappa shape index (κ3) is 13.5. The molecule has 0 aliphatic carbocycles. The van der Waals surface area contributed by atoms with Crippen molar-refractivity contribution in [2.45, 2.75) is 0 Å². The topological polar surface area (TPSA) is 147 Å². The Bertz CT molecular complexity index is 9660. The van der Waals surface area contributed by atoms with E-state index in [-0.39, 0.29) is 0 Å². The van der Waals surface area contributed by atoms with Gasteiger partial charge in [0.15, 0.2) is 0 Å². The van der Waals surface area contributed by atoms with Crippen LogP contribution in [0.3, 0.4) is 0 Å². The van der Waals surface area contributed by atoms with Gasteiger partial charge in [-0.3, -0.25) is 0 Å². The fourth-order valence-corrected chi connectivity index (χ4v) is 20.3. The highest BCUT2D eigenvalue weighted by molar-refractivity contribution is 6.31. The van der Waals surface area contributed by atoms with Gasteiger partial charge in [-0.2, -0.15) is 0 Å². The molecule has 0 amide bonds. The molecule has 0 atom stereocenters. The molecular weight excluding hydrogens is 1700 g/mol. The molecule has 0 unspecified atom stereocenters. The average Bonchev–Trinajstić information content (AvgIpc) is 1.57. The number of para-hydroxylation sites is 6. The van der Waals surface area contributed by atoms with Crippen molar-refractivity contribution < 1.29 is 13.3 Å². The van der Waals surface area contributed by atoms with Crippen LogP contribution < -0.4 is 0 Å². The minimum atomic E-state index is 0.547. The van der Waals surface area contributed by atoms with E-state index in [1.165, 1.54) is 104 Å². The molecule has 10 heterocycles. The Balaban J connectivity index is 0.000000101. The lowest BCUT2D eigenvalue weighted by Gasteiger charge is -2.11. The van der Waals surface area contributed by atoms with Gasteiger partial charge in [0.05, 0.1) is 84.9 Å². The summed E-state index contributed by atoms with van der Waals surface area (Å²) in [7, 11) is 0. The first-order valence-electron chi connectivity index (χ1n) is 44.8. The second-order valence-corrected chi connectivity index (χ2v) is 34.8. The normalized spacial score (nSPS) is 11.8. The van der Waals surface area contributed by atoms with Gasteiger partial charge in [-0.25, -0.2) is 29.9 Å². The monoisotopic (exact) mass is 1770 g/mol. The summed E-state index contributed by atoms with van der Waals surface area (Å²) in [6, 6.07) is 144. The fraction of sp³-hybridized carbons (Fsp3) is 0. The Hall–Kier alpha value is -17.6. The van der Waals surface area contributed by atoms with E-state index in [9.17, 15) is 0 Å². The van der Waals surface area contributed by atoms with Crippen LogP contribution in [0.4, 0.5) is 0 Å².